The van der Waals surface area contributed by atoms with E-state index in [0.717, 1.165) is 22.4 Å². The number of ether oxygens (including phenoxy) is 1. The van der Waals surface area contributed by atoms with Gasteiger partial charge in [0.05, 0.1) is 6.04 Å². The van der Waals surface area contributed by atoms with Gasteiger partial charge >= 0.3 is 0 Å². The van der Waals surface area contributed by atoms with Crippen LogP contribution in [0.4, 0.5) is 0 Å². The van der Waals surface area contributed by atoms with E-state index in [1.54, 1.807) is 0 Å². The molecule has 1 atom stereocenters. The zero-order valence-corrected chi connectivity index (χ0v) is 13.8. The maximum atomic E-state index is 12.0. The van der Waals surface area contributed by atoms with E-state index in [4.69, 9.17) is 16.3 Å². The van der Waals surface area contributed by atoms with Crippen LogP contribution >= 0.6 is 11.6 Å². The highest BCUT2D eigenvalue weighted by Gasteiger charge is 2.13. The summed E-state index contributed by atoms with van der Waals surface area (Å²) in [6, 6.07) is 13.1. The summed E-state index contributed by atoms with van der Waals surface area (Å²) >= 11 is 6.13. The number of halogens is 1. The first-order chi connectivity index (χ1) is 10.5. The lowest BCUT2D eigenvalue weighted by Gasteiger charge is -2.16. The van der Waals surface area contributed by atoms with E-state index >= 15 is 0 Å². The third-order valence-corrected chi connectivity index (χ3v) is 4.01. The Bertz CT molecular complexity index is 670. The fourth-order valence-corrected chi connectivity index (χ4v) is 2.51. The number of carbonyl (C=O) groups is 1. The molecule has 2 aromatic rings. The van der Waals surface area contributed by atoms with Gasteiger partial charge in [-0.25, -0.2) is 0 Å². The van der Waals surface area contributed by atoms with E-state index in [1.165, 1.54) is 0 Å². The Labute approximate surface area is 136 Å². The summed E-state index contributed by atoms with van der Waals surface area (Å²) in [4.78, 5) is 12.0. The summed E-state index contributed by atoms with van der Waals surface area (Å²) in [7, 11) is 0. The number of rotatable bonds is 5. The Kier molecular flexibility index (Phi) is 5.45. The van der Waals surface area contributed by atoms with Crippen molar-refractivity contribution in [3.63, 3.8) is 0 Å². The first-order valence-corrected chi connectivity index (χ1v) is 7.59. The number of hydrogen-bond acceptors (Lipinski definition) is 2. The molecular formula is C18H20ClNO2. The Morgan fingerprint density at radius 1 is 1.18 bits per heavy atom. The average Bonchev–Trinajstić information content (AvgIpc) is 2.49. The summed E-state index contributed by atoms with van der Waals surface area (Å²) in [5.41, 5.74) is 3.08. The van der Waals surface area contributed by atoms with E-state index in [0.29, 0.717) is 5.02 Å². The molecule has 1 N–H and O–H groups in total. The van der Waals surface area contributed by atoms with Crippen LogP contribution in [0.5, 0.6) is 5.75 Å². The topological polar surface area (TPSA) is 38.3 Å². The Balaban J connectivity index is 1.93. The Morgan fingerprint density at radius 2 is 1.91 bits per heavy atom. The molecule has 0 spiro atoms. The summed E-state index contributed by atoms with van der Waals surface area (Å²) in [5.74, 6) is 0.564. The predicted octanol–water partition coefficient (Wildman–Crippen LogP) is 4.21. The third kappa shape index (κ3) is 4.01. The molecule has 0 aliphatic heterocycles. The van der Waals surface area contributed by atoms with Crippen LogP contribution in [0.3, 0.4) is 0 Å². The molecule has 4 heteroatoms. The molecule has 0 saturated heterocycles. The van der Waals surface area contributed by atoms with Gasteiger partial charge in [0.25, 0.3) is 5.91 Å². The van der Waals surface area contributed by atoms with E-state index in [2.05, 4.69) is 5.32 Å². The SMILES string of the molecule is Cc1cccc(OCC(=O)NC(C)c2ccccc2Cl)c1C. The van der Waals surface area contributed by atoms with Gasteiger partial charge in [0.2, 0.25) is 0 Å². The molecule has 0 fully saturated rings. The monoisotopic (exact) mass is 317 g/mol. The predicted molar refractivity (Wildman–Crippen MR) is 89.4 cm³/mol. The van der Waals surface area contributed by atoms with Crippen molar-refractivity contribution in [1.29, 1.82) is 0 Å². The molecule has 0 bridgehead atoms. The lowest BCUT2D eigenvalue weighted by Crippen LogP contribution is -2.31. The first-order valence-electron chi connectivity index (χ1n) is 7.22. The second-order valence-electron chi connectivity index (χ2n) is 5.30. The van der Waals surface area contributed by atoms with E-state index in [9.17, 15) is 4.79 Å². The molecule has 0 aliphatic rings. The minimum absolute atomic E-state index is 0.0148. The highest BCUT2D eigenvalue weighted by molar-refractivity contribution is 6.31. The fourth-order valence-electron chi connectivity index (χ4n) is 2.21. The summed E-state index contributed by atoms with van der Waals surface area (Å²) in [5, 5.41) is 3.54. The number of benzene rings is 2. The van der Waals surface area contributed by atoms with Crippen LogP contribution in [0.15, 0.2) is 42.5 Å². The van der Waals surface area contributed by atoms with Gasteiger partial charge in [0.15, 0.2) is 6.61 Å². The van der Waals surface area contributed by atoms with Gasteiger partial charge in [-0.15, -0.1) is 0 Å². The zero-order valence-electron chi connectivity index (χ0n) is 13.0. The smallest absolute Gasteiger partial charge is 0.258 e. The van der Waals surface area contributed by atoms with Crippen molar-refractivity contribution in [2.45, 2.75) is 26.8 Å². The highest BCUT2D eigenvalue weighted by atomic mass is 35.5. The van der Waals surface area contributed by atoms with E-state index in [-0.39, 0.29) is 18.6 Å². The van der Waals surface area contributed by atoms with Crippen LogP contribution in [-0.4, -0.2) is 12.5 Å². The minimum atomic E-state index is -0.173. The molecule has 0 aliphatic carbocycles. The van der Waals surface area contributed by atoms with Crippen molar-refractivity contribution < 1.29 is 9.53 Å². The highest BCUT2D eigenvalue weighted by Crippen LogP contribution is 2.22. The van der Waals surface area contributed by atoms with Crippen molar-refractivity contribution in [2.24, 2.45) is 0 Å². The normalized spacial score (nSPS) is 11.8. The van der Waals surface area contributed by atoms with Gasteiger partial charge in [0.1, 0.15) is 5.75 Å². The van der Waals surface area contributed by atoms with Crippen molar-refractivity contribution in [3.05, 3.63) is 64.2 Å². The van der Waals surface area contributed by atoms with Gasteiger partial charge in [0, 0.05) is 5.02 Å². The number of carbonyl (C=O) groups excluding carboxylic acids is 1. The maximum Gasteiger partial charge on any atom is 0.258 e. The standard InChI is InChI=1S/C18H20ClNO2/c1-12-7-6-10-17(13(12)2)22-11-18(21)20-14(3)15-8-4-5-9-16(15)19/h4-10,14H,11H2,1-3H3,(H,20,21). The van der Waals surface area contributed by atoms with Crippen molar-refractivity contribution in [3.8, 4) is 5.75 Å². The van der Waals surface area contributed by atoms with E-state index < -0.39 is 0 Å². The van der Waals surface area contributed by atoms with Gasteiger partial charge in [-0.3, -0.25) is 4.79 Å². The van der Waals surface area contributed by atoms with E-state index in [1.807, 2.05) is 63.2 Å². The van der Waals surface area contributed by atoms with Crippen LogP contribution in [0, 0.1) is 13.8 Å². The molecule has 0 heterocycles. The van der Waals surface area contributed by atoms with Crippen LogP contribution < -0.4 is 10.1 Å². The molecule has 22 heavy (non-hydrogen) atoms. The molecule has 1 unspecified atom stereocenters. The maximum absolute atomic E-state index is 12.0. The average molecular weight is 318 g/mol. The number of aryl methyl sites for hydroxylation is 1. The molecular weight excluding hydrogens is 298 g/mol. The number of nitrogens with one attached hydrogen (secondary N) is 1. The molecule has 0 saturated carbocycles. The second-order valence-corrected chi connectivity index (χ2v) is 5.70. The van der Waals surface area contributed by atoms with Gasteiger partial charge in [-0.05, 0) is 49.6 Å². The van der Waals surface area contributed by atoms with Crippen molar-refractivity contribution >= 4 is 17.5 Å². The largest absolute Gasteiger partial charge is 0.483 e. The number of amides is 1. The van der Waals surface area contributed by atoms with Crippen molar-refractivity contribution in [1.82, 2.24) is 5.32 Å². The summed E-state index contributed by atoms with van der Waals surface area (Å²) < 4.78 is 5.60. The van der Waals surface area contributed by atoms with Gasteiger partial charge in [-0.2, -0.15) is 0 Å². The van der Waals surface area contributed by atoms with Crippen LogP contribution in [-0.2, 0) is 4.79 Å². The van der Waals surface area contributed by atoms with Crippen molar-refractivity contribution in [2.75, 3.05) is 6.61 Å². The van der Waals surface area contributed by atoms with Crippen LogP contribution in [0.2, 0.25) is 5.02 Å². The van der Waals surface area contributed by atoms with Gasteiger partial charge < -0.3 is 10.1 Å². The van der Waals surface area contributed by atoms with Gasteiger partial charge in [-0.1, -0.05) is 41.9 Å². The first kappa shape index (κ1) is 16.4. The van der Waals surface area contributed by atoms with Crippen LogP contribution in [0.1, 0.15) is 29.7 Å². The lowest BCUT2D eigenvalue weighted by atomic mass is 10.1. The molecule has 116 valence electrons. The second kappa shape index (κ2) is 7.32. The lowest BCUT2D eigenvalue weighted by molar-refractivity contribution is -0.123. The third-order valence-electron chi connectivity index (χ3n) is 3.66. The minimum Gasteiger partial charge on any atom is -0.483 e. The quantitative estimate of drug-likeness (QED) is 0.897. The fraction of sp³-hybridized carbons (Fsp3) is 0.278. The zero-order chi connectivity index (χ0) is 16.1. The molecule has 2 rings (SSSR count). The number of hydrogen-bond donors (Lipinski definition) is 1. The molecule has 0 aromatic heterocycles. The summed E-state index contributed by atoms with van der Waals surface area (Å²) in [6.07, 6.45) is 0. The Hall–Kier alpha value is -2.00. The molecule has 1 amide bonds. The Morgan fingerprint density at radius 3 is 2.64 bits per heavy atom. The van der Waals surface area contributed by atoms with Crippen LogP contribution in [0.25, 0.3) is 0 Å². The molecule has 3 nitrogen and oxygen atoms in total. The summed E-state index contributed by atoms with van der Waals surface area (Å²) in [6.45, 7) is 5.88. The molecule has 2 aromatic carbocycles. The molecule has 0 radical (unpaired) electrons.